The van der Waals surface area contributed by atoms with Crippen LogP contribution in [0.25, 0.3) is 0 Å². The standard InChI is InChI=1S/C27H29NO8S/c1-5-6-18-15(8-10-34-18)20-12-27(3)16(25(32)36-20)7-9-26(2)17(24(31)33-4)11-19(22(30)23(26)27)35-21(29)13-28-14-37/h8,10,16-17,19-20,23H,7,9,11-13H2,1-4H3/t16-,17-,19-,20-,23-,26-,27-/m0/s1. The third kappa shape index (κ3) is 4.51. The van der Waals surface area contributed by atoms with Crippen LogP contribution in [0.3, 0.4) is 0 Å². The van der Waals surface area contributed by atoms with E-state index >= 15 is 0 Å². The molecule has 0 radical (unpaired) electrons. The predicted molar refractivity (Wildman–Crippen MR) is 132 cm³/mol. The van der Waals surface area contributed by atoms with Gasteiger partial charge in [-0.15, -0.1) is 0 Å². The van der Waals surface area contributed by atoms with Crippen molar-refractivity contribution in [2.24, 2.45) is 33.6 Å². The van der Waals surface area contributed by atoms with E-state index in [1.54, 1.807) is 13.0 Å². The third-order valence-corrected chi connectivity index (χ3v) is 8.54. The van der Waals surface area contributed by atoms with E-state index in [1.165, 1.54) is 13.4 Å². The summed E-state index contributed by atoms with van der Waals surface area (Å²) < 4.78 is 22.0. The van der Waals surface area contributed by atoms with E-state index in [-0.39, 0.29) is 18.7 Å². The Hall–Kier alpha value is -3.28. The highest BCUT2D eigenvalue weighted by Crippen LogP contribution is 2.65. The molecule has 7 atom stereocenters. The second-order valence-electron chi connectivity index (χ2n) is 10.3. The van der Waals surface area contributed by atoms with Crippen molar-refractivity contribution in [3.63, 3.8) is 0 Å². The number of hydrogen-bond donors (Lipinski definition) is 0. The van der Waals surface area contributed by atoms with Gasteiger partial charge < -0.3 is 18.6 Å². The van der Waals surface area contributed by atoms with Crippen LogP contribution in [0.1, 0.15) is 63.9 Å². The summed E-state index contributed by atoms with van der Waals surface area (Å²) in [6.07, 6.45) is 0.829. The summed E-state index contributed by atoms with van der Waals surface area (Å²) in [5, 5.41) is 2.09. The topological polar surface area (TPSA) is 121 Å². The zero-order chi connectivity index (χ0) is 27.0. The minimum atomic E-state index is -1.18. The molecule has 9 nitrogen and oxygen atoms in total. The number of thiocarbonyl (C=S) groups is 1. The van der Waals surface area contributed by atoms with Gasteiger partial charge in [0.1, 0.15) is 12.6 Å². The smallest absolute Gasteiger partial charge is 0.329 e. The number of rotatable bonds is 5. The molecule has 4 rings (SSSR count). The molecule has 2 heterocycles. The second kappa shape index (κ2) is 10.2. The van der Waals surface area contributed by atoms with Crippen LogP contribution < -0.4 is 0 Å². The first-order valence-corrected chi connectivity index (χ1v) is 12.6. The summed E-state index contributed by atoms with van der Waals surface area (Å²) in [5.41, 5.74) is -1.07. The maximum atomic E-state index is 14.1. The number of furan rings is 1. The molecular formula is C27H29NO8S. The first-order chi connectivity index (χ1) is 17.6. The van der Waals surface area contributed by atoms with E-state index in [1.807, 2.05) is 13.8 Å². The third-order valence-electron chi connectivity index (χ3n) is 8.42. The Balaban J connectivity index is 1.77. The van der Waals surface area contributed by atoms with E-state index in [4.69, 9.17) is 18.6 Å². The van der Waals surface area contributed by atoms with Gasteiger partial charge in [0, 0.05) is 17.9 Å². The summed E-state index contributed by atoms with van der Waals surface area (Å²) in [6.45, 7) is 5.09. The lowest BCUT2D eigenvalue weighted by Crippen LogP contribution is -2.64. The van der Waals surface area contributed by atoms with Gasteiger partial charge in [0.2, 0.25) is 0 Å². The second-order valence-corrected chi connectivity index (χ2v) is 10.5. The molecular weight excluding hydrogens is 498 g/mol. The van der Waals surface area contributed by atoms with Crippen molar-refractivity contribution >= 4 is 41.1 Å². The normalized spacial score (nSPS) is 34.4. The van der Waals surface area contributed by atoms with Crippen LogP contribution in [0.4, 0.5) is 0 Å². The minimum Gasteiger partial charge on any atom is -0.469 e. The lowest BCUT2D eigenvalue weighted by molar-refractivity contribution is -0.210. The number of Topliss-reactive ketones (excluding diaryl/α,β-unsaturated/α-hetero) is 1. The van der Waals surface area contributed by atoms with E-state index in [0.29, 0.717) is 30.6 Å². The average molecular weight is 528 g/mol. The SMILES string of the molecule is CC#Cc1occc1[C@@H]1C[C@]2(C)[C@H]3C(=O)[C@@H](OC(=O)CN=C=S)C[C@@H](C(=O)OC)[C@]3(C)CC[C@H]2C(=O)O1. The van der Waals surface area contributed by atoms with Gasteiger partial charge >= 0.3 is 17.9 Å². The lowest BCUT2D eigenvalue weighted by atomic mass is 9.43. The fraction of sp³-hybridized carbons (Fsp3) is 0.593. The molecule has 10 heteroatoms. The molecule has 0 bridgehead atoms. The van der Waals surface area contributed by atoms with Crippen molar-refractivity contribution in [1.82, 2.24) is 0 Å². The summed E-state index contributed by atoms with van der Waals surface area (Å²) in [4.78, 5) is 56.3. The lowest BCUT2D eigenvalue weighted by Gasteiger charge is -2.61. The Labute approximate surface area is 220 Å². The van der Waals surface area contributed by atoms with E-state index in [0.717, 1.165) is 0 Å². The van der Waals surface area contributed by atoms with E-state index in [2.05, 4.69) is 34.2 Å². The molecule has 0 spiro atoms. The number of ether oxygens (including phenoxy) is 3. The number of cyclic esters (lactones) is 1. The summed E-state index contributed by atoms with van der Waals surface area (Å²) in [6, 6.07) is 1.71. The molecule has 1 aromatic heterocycles. The van der Waals surface area contributed by atoms with Crippen molar-refractivity contribution in [2.45, 2.75) is 58.7 Å². The molecule has 1 saturated heterocycles. The van der Waals surface area contributed by atoms with Gasteiger partial charge in [-0.2, -0.15) is 0 Å². The molecule has 3 fully saturated rings. The van der Waals surface area contributed by atoms with Gasteiger partial charge in [-0.3, -0.25) is 14.4 Å². The number of isothiocyanates is 1. The molecule has 37 heavy (non-hydrogen) atoms. The van der Waals surface area contributed by atoms with Crippen molar-refractivity contribution < 1.29 is 37.8 Å². The molecule has 0 aromatic carbocycles. The molecule has 2 saturated carbocycles. The van der Waals surface area contributed by atoms with Crippen LogP contribution in [-0.4, -0.2) is 48.6 Å². The van der Waals surface area contributed by atoms with Gasteiger partial charge in [-0.05, 0) is 61.2 Å². The number of ketones is 1. The number of fused-ring (bicyclic) bond motifs is 3. The highest BCUT2D eigenvalue weighted by Gasteiger charge is 2.68. The number of nitrogens with zero attached hydrogens (tertiary/aromatic N) is 1. The highest BCUT2D eigenvalue weighted by molar-refractivity contribution is 7.78. The number of esters is 3. The maximum Gasteiger partial charge on any atom is 0.329 e. The molecule has 1 aromatic rings. The Bertz CT molecular complexity index is 1240. The molecule has 1 aliphatic heterocycles. The first kappa shape index (κ1) is 26.8. The largest absolute Gasteiger partial charge is 0.469 e. The number of aliphatic imine (C=N–C) groups is 1. The molecule has 3 aliphatic rings. The maximum absolute atomic E-state index is 14.1. The molecule has 2 aliphatic carbocycles. The van der Waals surface area contributed by atoms with Crippen LogP contribution in [0.2, 0.25) is 0 Å². The average Bonchev–Trinajstić information content (AvgIpc) is 3.31. The van der Waals surface area contributed by atoms with Gasteiger partial charge in [0.05, 0.1) is 30.4 Å². The van der Waals surface area contributed by atoms with Crippen LogP contribution >= 0.6 is 12.2 Å². The van der Waals surface area contributed by atoms with E-state index in [9.17, 15) is 19.2 Å². The van der Waals surface area contributed by atoms with Crippen molar-refractivity contribution in [2.75, 3.05) is 13.7 Å². The summed E-state index contributed by atoms with van der Waals surface area (Å²) >= 11 is 4.51. The van der Waals surface area contributed by atoms with Gasteiger partial charge in [0.15, 0.2) is 17.6 Å². The predicted octanol–water partition coefficient (Wildman–Crippen LogP) is 3.45. The zero-order valence-corrected chi connectivity index (χ0v) is 22.0. The quantitative estimate of drug-likeness (QED) is 0.186. The van der Waals surface area contributed by atoms with Crippen molar-refractivity contribution in [1.29, 1.82) is 0 Å². The molecule has 0 unspecified atom stereocenters. The monoisotopic (exact) mass is 527 g/mol. The Morgan fingerprint density at radius 2 is 2.03 bits per heavy atom. The van der Waals surface area contributed by atoms with E-state index < -0.39 is 58.7 Å². The molecule has 0 N–H and O–H groups in total. The van der Waals surface area contributed by atoms with Gasteiger partial charge in [-0.1, -0.05) is 19.8 Å². The minimum absolute atomic E-state index is 0.00185. The Morgan fingerprint density at radius 3 is 2.70 bits per heavy atom. The van der Waals surface area contributed by atoms with Crippen LogP contribution in [0, 0.1) is 40.4 Å². The van der Waals surface area contributed by atoms with Crippen LogP contribution in [0.15, 0.2) is 21.7 Å². The summed E-state index contributed by atoms with van der Waals surface area (Å²) in [5.74, 6) is 2.07. The number of carbonyl (C=O) groups excluding carboxylic acids is 4. The molecule has 196 valence electrons. The molecule has 0 amide bonds. The van der Waals surface area contributed by atoms with Crippen LogP contribution in [-0.2, 0) is 33.4 Å². The fourth-order valence-corrected chi connectivity index (χ4v) is 6.94. The van der Waals surface area contributed by atoms with Crippen LogP contribution in [0.5, 0.6) is 0 Å². The highest BCUT2D eigenvalue weighted by atomic mass is 32.1. The van der Waals surface area contributed by atoms with Crippen molar-refractivity contribution in [3.05, 3.63) is 23.7 Å². The number of carbonyl (C=O) groups is 4. The zero-order valence-electron chi connectivity index (χ0n) is 21.2. The number of hydrogen-bond acceptors (Lipinski definition) is 10. The first-order valence-electron chi connectivity index (χ1n) is 12.2. The van der Waals surface area contributed by atoms with Gasteiger partial charge in [-0.25, -0.2) is 9.79 Å². The van der Waals surface area contributed by atoms with Gasteiger partial charge in [0.25, 0.3) is 0 Å². The Kier molecular flexibility index (Phi) is 7.40. The Morgan fingerprint density at radius 1 is 1.27 bits per heavy atom. The number of methoxy groups -OCH3 is 1. The fourth-order valence-electron chi connectivity index (χ4n) is 6.87. The van der Waals surface area contributed by atoms with Crippen molar-refractivity contribution in [3.8, 4) is 11.8 Å². The summed E-state index contributed by atoms with van der Waals surface area (Å²) in [7, 11) is 1.29.